The molecule has 25 heavy (non-hydrogen) atoms. The third kappa shape index (κ3) is 3.62. The number of rotatable bonds is 5. The number of carbonyl (C=O) groups excluding carboxylic acids is 1. The van der Waals surface area contributed by atoms with Crippen molar-refractivity contribution >= 4 is 34.9 Å². The molecule has 0 bridgehead atoms. The molecule has 0 radical (unpaired) electrons. The number of halogens is 1. The van der Waals surface area contributed by atoms with Gasteiger partial charge in [-0.2, -0.15) is 8.75 Å². The van der Waals surface area contributed by atoms with E-state index in [1.165, 1.54) is 7.11 Å². The summed E-state index contributed by atoms with van der Waals surface area (Å²) in [7, 11) is 1.53. The largest absolute Gasteiger partial charge is 0.495 e. The van der Waals surface area contributed by atoms with E-state index in [2.05, 4.69) is 24.4 Å². The van der Waals surface area contributed by atoms with E-state index >= 15 is 0 Å². The molecule has 3 aromatic rings. The third-order valence-electron chi connectivity index (χ3n) is 3.65. The lowest BCUT2D eigenvalue weighted by Gasteiger charge is -2.07. The lowest BCUT2D eigenvalue weighted by molar-refractivity contribution is 0.102. The number of aromatic nitrogens is 5. The zero-order chi connectivity index (χ0) is 18.0. The summed E-state index contributed by atoms with van der Waals surface area (Å²) >= 11 is 7.22. The van der Waals surface area contributed by atoms with E-state index in [-0.39, 0.29) is 11.6 Å². The summed E-state index contributed by atoms with van der Waals surface area (Å²) < 4.78 is 15.1. The van der Waals surface area contributed by atoms with Gasteiger partial charge < -0.3 is 10.1 Å². The number of nitrogens with zero attached hydrogens (tertiary/aromatic N) is 5. The van der Waals surface area contributed by atoms with E-state index < -0.39 is 0 Å². The third-order valence-corrected chi connectivity index (χ3v) is 4.61. The SMILES string of the molecule is COc1ccc(NC(=O)c2nnn(Cc3nsnc3C)c2C)cc1Cl. The Kier molecular flexibility index (Phi) is 4.95. The summed E-state index contributed by atoms with van der Waals surface area (Å²) in [6.45, 7) is 4.08. The fourth-order valence-corrected chi connectivity index (χ4v) is 3.00. The van der Waals surface area contributed by atoms with Gasteiger partial charge in [-0.3, -0.25) is 4.79 Å². The first kappa shape index (κ1) is 17.3. The van der Waals surface area contributed by atoms with Crippen molar-refractivity contribution in [2.45, 2.75) is 20.4 Å². The topological polar surface area (TPSA) is 94.8 Å². The van der Waals surface area contributed by atoms with Crippen molar-refractivity contribution in [1.82, 2.24) is 23.7 Å². The van der Waals surface area contributed by atoms with Gasteiger partial charge in [-0.1, -0.05) is 16.8 Å². The molecule has 1 aromatic carbocycles. The van der Waals surface area contributed by atoms with Crippen LogP contribution >= 0.6 is 23.3 Å². The number of anilines is 1. The molecule has 1 N–H and O–H groups in total. The summed E-state index contributed by atoms with van der Waals surface area (Å²) in [5, 5.41) is 11.2. The van der Waals surface area contributed by atoms with Crippen LogP contribution < -0.4 is 10.1 Å². The van der Waals surface area contributed by atoms with Crippen LogP contribution in [0.25, 0.3) is 0 Å². The molecule has 1 amide bonds. The maximum Gasteiger partial charge on any atom is 0.278 e. The van der Waals surface area contributed by atoms with Crippen molar-refractivity contribution in [3.05, 3.63) is 46.0 Å². The second-order valence-electron chi connectivity index (χ2n) is 5.28. The summed E-state index contributed by atoms with van der Waals surface area (Å²) in [5.41, 5.74) is 3.09. The molecular formula is C15H15ClN6O2S. The van der Waals surface area contributed by atoms with Crippen LogP contribution in [0.3, 0.4) is 0 Å². The Morgan fingerprint density at radius 1 is 1.36 bits per heavy atom. The number of amides is 1. The monoisotopic (exact) mass is 378 g/mol. The van der Waals surface area contributed by atoms with Crippen LogP contribution in [0.2, 0.25) is 5.02 Å². The van der Waals surface area contributed by atoms with Crippen molar-refractivity contribution in [2.75, 3.05) is 12.4 Å². The number of hydrogen-bond donors (Lipinski definition) is 1. The van der Waals surface area contributed by atoms with Crippen molar-refractivity contribution in [2.24, 2.45) is 0 Å². The fourth-order valence-electron chi connectivity index (χ4n) is 2.19. The smallest absolute Gasteiger partial charge is 0.278 e. The molecule has 2 aromatic heterocycles. The Morgan fingerprint density at radius 3 is 2.80 bits per heavy atom. The zero-order valence-corrected chi connectivity index (χ0v) is 15.4. The van der Waals surface area contributed by atoms with Crippen LogP contribution in [0.1, 0.15) is 27.6 Å². The van der Waals surface area contributed by atoms with Crippen LogP contribution in [0.4, 0.5) is 5.69 Å². The highest BCUT2D eigenvalue weighted by atomic mass is 35.5. The molecule has 0 saturated heterocycles. The molecular weight excluding hydrogens is 364 g/mol. The number of ether oxygens (including phenoxy) is 1. The van der Waals surface area contributed by atoms with Crippen LogP contribution in [0.5, 0.6) is 5.75 Å². The molecule has 0 saturated carbocycles. The molecule has 0 aliphatic carbocycles. The van der Waals surface area contributed by atoms with Crippen LogP contribution in [-0.2, 0) is 6.54 Å². The Balaban J connectivity index is 1.77. The van der Waals surface area contributed by atoms with Gasteiger partial charge in [0, 0.05) is 5.69 Å². The van der Waals surface area contributed by atoms with Crippen LogP contribution in [-0.4, -0.2) is 36.8 Å². The Morgan fingerprint density at radius 2 is 2.16 bits per heavy atom. The van der Waals surface area contributed by atoms with E-state index in [1.807, 2.05) is 6.92 Å². The number of methoxy groups -OCH3 is 1. The predicted molar refractivity (Wildman–Crippen MR) is 94.5 cm³/mol. The second kappa shape index (κ2) is 7.16. The Hall–Kier alpha value is -2.52. The van der Waals surface area contributed by atoms with Gasteiger partial charge in [0.1, 0.15) is 5.75 Å². The van der Waals surface area contributed by atoms with Crippen molar-refractivity contribution in [1.29, 1.82) is 0 Å². The Labute approximate surface area is 153 Å². The molecule has 0 aliphatic rings. The molecule has 0 aliphatic heterocycles. The molecule has 10 heteroatoms. The first-order valence-corrected chi connectivity index (χ1v) is 8.43. The van der Waals surface area contributed by atoms with Gasteiger partial charge in [-0.05, 0) is 32.0 Å². The fraction of sp³-hybridized carbons (Fsp3) is 0.267. The van der Waals surface area contributed by atoms with E-state index in [4.69, 9.17) is 16.3 Å². The highest BCUT2D eigenvalue weighted by Gasteiger charge is 2.18. The minimum absolute atomic E-state index is 0.243. The van der Waals surface area contributed by atoms with E-state index in [9.17, 15) is 4.79 Å². The highest BCUT2D eigenvalue weighted by molar-refractivity contribution is 6.99. The minimum Gasteiger partial charge on any atom is -0.495 e. The first-order chi connectivity index (χ1) is 12.0. The minimum atomic E-state index is -0.363. The quantitative estimate of drug-likeness (QED) is 0.733. The van der Waals surface area contributed by atoms with Crippen LogP contribution in [0.15, 0.2) is 18.2 Å². The maximum atomic E-state index is 12.5. The zero-order valence-electron chi connectivity index (χ0n) is 13.8. The van der Waals surface area contributed by atoms with Gasteiger partial charge in [-0.15, -0.1) is 5.10 Å². The van der Waals surface area contributed by atoms with E-state index in [0.717, 1.165) is 23.1 Å². The molecule has 3 rings (SSSR count). The molecule has 0 unspecified atom stereocenters. The number of aryl methyl sites for hydroxylation is 1. The van der Waals surface area contributed by atoms with Gasteiger partial charge in [0.15, 0.2) is 5.69 Å². The van der Waals surface area contributed by atoms with Gasteiger partial charge in [0.05, 0.1) is 47.5 Å². The standard InChI is InChI=1S/C15H15ClN6O2S/c1-8-12(20-25-19-8)7-22-9(2)14(18-21-22)15(23)17-10-4-5-13(24-3)11(16)6-10/h4-6H,7H2,1-3H3,(H,17,23). The van der Waals surface area contributed by atoms with Crippen molar-refractivity contribution < 1.29 is 9.53 Å². The summed E-state index contributed by atoms with van der Waals surface area (Å²) in [6, 6.07) is 4.99. The first-order valence-electron chi connectivity index (χ1n) is 7.32. The van der Waals surface area contributed by atoms with Gasteiger partial charge in [0.25, 0.3) is 5.91 Å². The second-order valence-corrected chi connectivity index (χ2v) is 6.22. The molecule has 2 heterocycles. The average Bonchev–Trinajstić information content (AvgIpc) is 3.15. The normalized spacial score (nSPS) is 10.7. The molecule has 0 fully saturated rings. The molecule has 130 valence electrons. The van der Waals surface area contributed by atoms with Crippen LogP contribution in [0, 0.1) is 13.8 Å². The molecule has 0 atom stereocenters. The number of nitrogens with one attached hydrogen (secondary N) is 1. The highest BCUT2D eigenvalue weighted by Crippen LogP contribution is 2.27. The molecule has 8 nitrogen and oxygen atoms in total. The Bertz CT molecular complexity index is 923. The number of carbonyl (C=O) groups is 1. The lowest BCUT2D eigenvalue weighted by Crippen LogP contribution is -2.14. The maximum absolute atomic E-state index is 12.5. The van der Waals surface area contributed by atoms with Gasteiger partial charge in [-0.25, -0.2) is 4.68 Å². The number of benzene rings is 1. The summed E-state index contributed by atoms with van der Waals surface area (Å²) in [4.78, 5) is 12.5. The van der Waals surface area contributed by atoms with Gasteiger partial charge >= 0.3 is 0 Å². The van der Waals surface area contributed by atoms with Crippen molar-refractivity contribution in [3.8, 4) is 5.75 Å². The summed E-state index contributed by atoms with van der Waals surface area (Å²) in [6.07, 6.45) is 0. The lowest BCUT2D eigenvalue weighted by atomic mass is 10.2. The van der Waals surface area contributed by atoms with Crippen molar-refractivity contribution in [3.63, 3.8) is 0 Å². The van der Waals surface area contributed by atoms with Gasteiger partial charge in [0.2, 0.25) is 0 Å². The molecule has 0 spiro atoms. The summed E-state index contributed by atoms with van der Waals surface area (Å²) in [5.74, 6) is 0.173. The average molecular weight is 379 g/mol. The number of hydrogen-bond acceptors (Lipinski definition) is 7. The van der Waals surface area contributed by atoms with E-state index in [1.54, 1.807) is 29.8 Å². The van der Waals surface area contributed by atoms with E-state index in [0.29, 0.717) is 28.7 Å². The predicted octanol–water partition coefficient (Wildman–Crippen LogP) is 2.71.